The van der Waals surface area contributed by atoms with Crippen LogP contribution in [0.4, 0.5) is 4.39 Å². The molecule has 2 unspecified atom stereocenters. The van der Waals surface area contributed by atoms with E-state index in [1.54, 1.807) is 12.1 Å². The van der Waals surface area contributed by atoms with Crippen molar-refractivity contribution in [1.29, 1.82) is 0 Å². The molecule has 3 rings (SSSR count). The van der Waals surface area contributed by atoms with Gasteiger partial charge in [0, 0.05) is 0 Å². The monoisotopic (exact) mass is 268 g/mol. The lowest BCUT2D eigenvalue weighted by Gasteiger charge is -2.26. The fourth-order valence-corrected chi connectivity index (χ4v) is 3.53. The van der Waals surface area contributed by atoms with E-state index in [-0.39, 0.29) is 5.02 Å². The highest BCUT2D eigenvalue weighted by molar-refractivity contribution is 6.31. The highest BCUT2D eigenvalue weighted by atomic mass is 35.5. The molecule has 2 aliphatic carbocycles. The van der Waals surface area contributed by atoms with Crippen molar-refractivity contribution in [3.05, 3.63) is 34.6 Å². The fourth-order valence-electron chi connectivity index (χ4n) is 3.34. The molecule has 0 saturated heterocycles. The van der Waals surface area contributed by atoms with E-state index in [4.69, 9.17) is 11.6 Å². The van der Waals surface area contributed by atoms with Gasteiger partial charge in [-0.25, -0.2) is 4.39 Å². The maximum atomic E-state index is 13.4. The minimum atomic E-state index is -0.768. The average Bonchev–Trinajstić information content (AvgIpc) is 2.93. The van der Waals surface area contributed by atoms with Crippen LogP contribution in [0.2, 0.25) is 5.02 Å². The molecule has 2 saturated carbocycles. The van der Waals surface area contributed by atoms with Gasteiger partial charge in [-0.05, 0) is 49.1 Å². The van der Waals surface area contributed by atoms with Crippen LogP contribution in [0.25, 0.3) is 0 Å². The summed E-state index contributed by atoms with van der Waals surface area (Å²) in [7, 11) is 0. The van der Waals surface area contributed by atoms with E-state index in [1.165, 1.54) is 6.07 Å². The topological polar surface area (TPSA) is 37.3 Å². The molecule has 2 aliphatic rings. The van der Waals surface area contributed by atoms with Crippen molar-refractivity contribution in [1.82, 2.24) is 0 Å². The lowest BCUT2D eigenvalue weighted by Crippen LogP contribution is -2.32. The summed E-state index contributed by atoms with van der Waals surface area (Å²) in [6.45, 7) is 0. The molecule has 0 bridgehead atoms. The van der Waals surface area contributed by atoms with Crippen LogP contribution in [0.1, 0.15) is 24.8 Å². The summed E-state index contributed by atoms with van der Waals surface area (Å²) < 4.78 is 13.4. The van der Waals surface area contributed by atoms with Gasteiger partial charge < -0.3 is 5.11 Å². The molecule has 1 aromatic carbocycles. The molecule has 0 radical (unpaired) electrons. The second kappa shape index (κ2) is 3.95. The molecule has 2 fully saturated rings. The van der Waals surface area contributed by atoms with E-state index >= 15 is 0 Å². The molecule has 2 nitrogen and oxygen atoms in total. The minimum Gasteiger partial charge on any atom is -0.481 e. The molecule has 1 N–H and O–H groups in total. The van der Waals surface area contributed by atoms with Crippen molar-refractivity contribution in [2.45, 2.75) is 25.7 Å². The summed E-state index contributed by atoms with van der Waals surface area (Å²) in [5, 5.41) is 9.56. The smallest absolute Gasteiger partial charge is 0.309 e. The molecule has 96 valence electrons. The molecular formula is C14H14ClFO2. The molecule has 0 aliphatic heterocycles. The largest absolute Gasteiger partial charge is 0.481 e. The molecule has 1 aromatic rings. The SMILES string of the molecule is O=C(O)C1(Cc2cccc(F)c2Cl)CC2CC2C1. The number of rotatable bonds is 3. The van der Waals surface area contributed by atoms with Crippen LogP contribution in [-0.2, 0) is 11.2 Å². The molecule has 2 atom stereocenters. The quantitative estimate of drug-likeness (QED) is 0.911. The van der Waals surface area contributed by atoms with Gasteiger partial charge in [0.1, 0.15) is 5.82 Å². The van der Waals surface area contributed by atoms with E-state index < -0.39 is 17.2 Å². The van der Waals surface area contributed by atoms with Crippen LogP contribution >= 0.6 is 11.6 Å². The lowest BCUT2D eigenvalue weighted by atomic mass is 9.77. The third-order valence-corrected chi connectivity index (χ3v) is 4.81. The van der Waals surface area contributed by atoms with E-state index in [2.05, 4.69) is 0 Å². The maximum Gasteiger partial charge on any atom is 0.309 e. The van der Waals surface area contributed by atoms with Crippen LogP contribution in [-0.4, -0.2) is 11.1 Å². The Balaban J connectivity index is 1.89. The van der Waals surface area contributed by atoms with E-state index in [0.29, 0.717) is 36.7 Å². The molecule has 0 amide bonds. The Morgan fingerprint density at radius 2 is 2.11 bits per heavy atom. The van der Waals surface area contributed by atoms with Crippen molar-refractivity contribution in [2.75, 3.05) is 0 Å². The fraction of sp³-hybridized carbons (Fsp3) is 0.500. The first-order chi connectivity index (χ1) is 8.52. The number of carboxylic acids is 1. The highest BCUT2D eigenvalue weighted by Gasteiger charge is 2.57. The van der Waals surface area contributed by atoms with Gasteiger partial charge in [-0.3, -0.25) is 4.79 Å². The van der Waals surface area contributed by atoms with Crippen LogP contribution in [0.3, 0.4) is 0 Å². The Kier molecular flexibility index (Phi) is 2.63. The summed E-state index contributed by atoms with van der Waals surface area (Å²) >= 11 is 5.92. The van der Waals surface area contributed by atoms with Crippen LogP contribution in [0.5, 0.6) is 0 Å². The molecular weight excluding hydrogens is 255 g/mol. The summed E-state index contributed by atoms with van der Waals surface area (Å²) in [5.41, 5.74) is -0.120. The Morgan fingerprint density at radius 1 is 1.44 bits per heavy atom. The zero-order valence-electron chi connectivity index (χ0n) is 9.83. The van der Waals surface area contributed by atoms with Gasteiger partial charge in [0.15, 0.2) is 0 Å². The number of hydrogen-bond donors (Lipinski definition) is 1. The third-order valence-electron chi connectivity index (χ3n) is 4.39. The number of carbonyl (C=O) groups is 1. The zero-order chi connectivity index (χ0) is 12.9. The van der Waals surface area contributed by atoms with E-state index in [1.807, 2.05) is 0 Å². The lowest BCUT2D eigenvalue weighted by molar-refractivity contribution is -0.149. The van der Waals surface area contributed by atoms with Gasteiger partial charge in [-0.15, -0.1) is 0 Å². The number of benzene rings is 1. The first-order valence-electron chi connectivity index (χ1n) is 6.18. The Hall–Kier alpha value is -1.09. The summed E-state index contributed by atoms with van der Waals surface area (Å²) in [5.74, 6) is -0.116. The summed E-state index contributed by atoms with van der Waals surface area (Å²) in [6, 6.07) is 4.60. The van der Waals surface area contributed by atoms with E-state index in [9.17, 15) is 14.3 Å². The standard InChI is InChI=1S/C14H14ClFO2/c15-12-8(2-1-3-11(12)16)5-14(13(17)18)6-9-4-10(9)7-14/h1-3,9-10H,4-7H2,(H,17,18). The first kappa shape index (κ1) is 12.0. The zero-order valence-corrected chi connectivity index (χ0v) is 10.6. The number of aliphatic carboxylic acids is 1. The molecule has 0 aromatic heterocycles. The number of halogens is 2. The third kappa shape index (κ3) is 1.81. The van der Waals surface area contributed by atoms with Gasteiger partial charge in [-0.1, -0.05) is 23.7 Å². The van der Waals surface area contributed by atoms with Gasteiger partial charge in [-0.2, -0.15) is 0 Å². The predicted octanol–water partition coefficient (Wildman–Crippen LogP) is 3.52. The Labute approximate surface area is 110 Å². The highest BCUT2D eigenvalue weighted by Crippen LogP contribution is 2.61. The number of carboxylic acid groups (broad SMARTS) is 1. The second-order valence-electron chi connectivity index (χ2n) is 5.64. The summed E-state index contributed by atoms with van der Waals surface area (Å²) in [6.07, 6.45) is 2.91. The van der Waals surface area contributed by atoms with Crippen molar-refractivity contribution < 1.29 is 14.3 Å². The number of hydrogen-bond acceptors (Lipinski definition) is 1. The van der Waals surface area contributed by atoms with Crippen molar-refractivity contribution in [3.63, 3.8) is 0 Å². The maximum absolute atomic E-state index is 13.4. The minimum absolute atomic E-state index is 0.0682. The van der Waals surface area contributed by atoms with E-state index in [0.717, 1.165) is 6.42 Å². The van der Waals surface area contributed by atoms with Gasteiger partial charge in [0.05, 0.1) is 10.4 Å². The second-order valence-corrected chi connectivity index (χ2v) is 6.02. The van der Waals surface area contributed by atoms with Gasteiger partial charge in [0.2, 0.25) is 0 Å². The first-order valence-corrected chi connectivity index (χ1v) is 6.56. The molecule has 4 heteroatoms. The van der Waals surface area contributed by atoms with Crippen molar-refractivity contribution in [2.24, 2.45) is 17.3 Å². The molecule has 18 heavy (non-hydrogen) atoms. The molecule has 0 spiro atoms. The predicted molar refractivity (Wildman–Crippen MR) is 66.0 cm³/mol. The van der Waals surface area contributed by atoms with Crippen LogP contribution in [0.15, 0.2) is 18.2 Å². The van der Waals surface area contributed by atoms with Gasteiger partial charge in [0.25, 0.3) is 0 Å². The van der Waals surface area contributed by atoms with Crippen molar-refractivity contribution in [3.8, 4) is 0 Å². The number of fused-ring (bicyclic) bond motifs is 1. The molecule has 0 heterocycles. The summed E-state index contributed by atoms with van der Waals surface area (Å²) in [4.78, 5) is 11.6. The normalized spacial score (nSPS) is 33.2. The van der Waals surface area contributed by atoms with Crippen molar-refractivity contribution >= 4 is 17.6 Å². The van der Waals surface area contributed by atoms with Crippen LogP contribution in [0, 0.1) is 23.1 Å². The Bertz CT molecular complexity index is 505. The average molecular weight is 269 g/mol. The van der Waals surface area contributed by atoms with Gasteiger partial charge >= 0.3 is 5.97 Å². The van der Waals surface area contributed by atoms with Crippen LogP contribution < -0.4 is 0 Å². The Morgan fingerprint density at radius 3 is 2.72 bits per heavy atom.